The molecule has 1 aromatic rings. The minimum Gasteiger partial charge on any atom is -0.354 e. The monoisotopic (exact) mass is 206 g/mol. The van der Waals surface area contributed by atoms with Crippen molar-refractivity contribution < 1.29 is 0 Å². The minimum atomic E-state index is 0.602. The maximum atomic E-state index is 4.52. The molecular weight excluding hydrogens is 188 g/mol. The molecular formula is C11H18N4. The molecule has 1 saturated carbocycles. The summed E-state index contributed by atoms with van der Waals surface area (Å²) in [6.07, 6.45) is 6.77. The molecule has 82 valence electrons. The molecule has 1 unspecified atom stereocenters. The van der Waals surface area contributed by atoms with E-state index in [2.05, 4.69) is 20.1 Å². The first-order valence-electron chi connectivity index (χ1n) is 6.01. The molecule has 0 amide bonds. The Morgan fingerprint density at radius 2 is 2.07 bits per heavy atom. The summed E-state index contributed by atoms with van der Waals surface area (Å²) in [6.45, 7) is 3.03. The zero-order chi connectivity index (χ0) is 10.3. The van der Waals surface area contributed by atoms with Crippen LogP contribution in [0.25, 0.3) is 0 Å². The fourth-order valence-electron chi connectivity index (χ4n) is 3.01. The molecule has 0 saturated heterocycles. The number of aromatic nitrogens is 3. The van der Waals surface area contributed by atoms with E-state index in [9.17, 15) is 0 Å². The van der Waals surface area contributed by atoms with Crippen LogP contribution < -0.4 is 5.32 Å². The van der Waals surface area contributed by atoms with Crippen molar-refractivity contribution in [2.75, 3.05) is 11.9 Å². The SMILES string of the molecule is Cc1nc2n(n1)C(C1CCCC1)CCN2. The van der Waals surface area contributed by atoms with Crippen LogP contribution in [-0.2, 0) is 0 Å². The van der Waals surface area contributed by atoms with Gasteiger partial charge >= 0.3 is 0 Å². The standard InChI is InChI=1S/C11H18N4/c1-8-13-11-12-7-6-10(15(11)14-8)9-4-2-3-5-9/h9-10H,2-7H2,1H3,(H,12,13,14). The Labute approximate surface area is 90.1 Å². The van der Waals surface area contributed by atoms with Gasteiger partial charge in [-0.25, -0.2) is 4.68 Å². The van der Waals surface area contributed by atoms with Crippen LogP contribution in [0, 0.1) is 12.8 Å². The highest BCUT2D eigenvalue weighted by molar-refractivity contribution is 5.28. The molecule has 1 N–H and O–H groups in total. The molecule has 0 aromatic carbocycles. The molecule has 4 nitrogen and oxygen atoms in total. The van der Waals surface area contributed by atoms with E-state index in [0.29, 0.717) is 6.04 Å². The molecule has 2 heterocycles. The lowest BCUT2D eigenvalue weighted by atomic mass is 9.95. The predicted octanol–water partition coefficient (Wildman–Crippen LogP) is 2.13. The Balaban J connectivity index is 1.90. The van der Waals surface area contributed by atoms with Gasteiger partial charge in [0.2, 0.25) is 5.95 Å². The normalized spacial score (nSPS) is 26.3. The van der Waals surface area contributed by atoms with Gasteiger partial charge in [-0.1, -0.05) is 12.8 Å². The number of hydrogen-bond donors (Lipinski definition) is 1. The number of aryl methyl sites for hydroxylation is 1. The molecule has 1 fully saturated rings. The van der Waals surface area contributed by atoms with E-state index in [1.807, 2.05) is 6.92 Å². The largest absolute Gasteiger partial charge is 0.354 e. The van der Waals surface area contributed by atoms with E-state index in [0.717, 1.165) is 24.2 Å². The molecule has 0 spiro atoms. The van der Waals surface area contributed by atoms with Gasteiger partial charge in [-0.15, -0.1) is 0 Å². The fourth-order valence-corrected chi connectivity index (χ4v) is 3.01. The maximum Gasteiger partial charge on any atom is 0.221 e. The molecule has 0 bridgehead atoms. The molecule has 1 aliphatic heterocycles. The van der Waals surface area contributed by atoms with Gasteiger partial charge in [0.05, 0.1) is 6.04 Å². The quantitative estimate of drug-likeness (QED) is 0.765. The molecule has 1 aliphatic carbocycles. The van der Waals surface area contributed by atoms with Gasteiger partial charge < -0.3 is 5.32 Å². The summed E-state index contributed by atoms with van der Waals surface area (Å²) in [6, 6.07) is 0.602. The molecule has 3 rings (SSSR count). The van der Waals surface area contributed by atoms with Gasteiger partial charge in [-0.05, 0) is 32.1 Å². The van der Waals surface area contributed by atoms with Crippen LogP contribution >= 0.6 is 0 Å². The van der Waals surface area contributed by atoms with Crippen molar-refractivity contribution in [2.45, 2.75) is 45.1 Å². The summed E-state index contributed by atoms with van der Waals surface area (Å²) in [4.78, 5) is 4.41. The number of rotatable bonds is 1. The van der Waals surface area contributed by atoms with Gasteiger partial charge in [0, 0.05) is 6.54 Å². The Hall–Kier alpha value is -1.06. The number of anilines is 1. The summed E-state index contributed by atoms with van der Waals surface area (Å²) in [7, 11) is 0. The number of hydrogen-bond acceptors (Lipinski definition) is 3. The highest BCUT2D eigenvalue weighted by Crippen LogP contribution is 2.38. The van der Waals surface area contributed by atoms with E-state index in [4.69, 9.17) is 0 Å². The zero-order valence-electron chi connectivity index (χ0n) is 9.24. The molecule has 1 aromatic heterocycles. The second-order valence-corrected chi connectivity index (χ2v) is 4.75. The Kier molecular flexibility index (Phi) is 2.15. The van der Waals surface area contributed by atoms with Crippen LogP contribution in [0.15, 0.2) is 0 Å². The van der Waals surface area contributed by atoms with Crippen LogP contribution in [-0.4, -0.2) is 21.3 Å². The average molecular weight is 206 g/mol. The van der Waals surface area contributed by atoms with Crippen molar-refractivity contribution in [3.05, 3.63) is 5.82 Å². The third-order valence-corrected chi connectivity index (χ3v) is 3.72. The lowest BCUT2D eigenvalue weighted by Crippen LogP contribution is -2.28. The van der Waals surface area contributed by atoms with Crippen molar-refractivity contribution in [3.63, 3.8) is 0 Å². The van der Waals surface area contributed by atoms with Crippen LogP contribution in [0.3, 0.4) is 0 Å². The molecule has 1 atom stereocenters. The topological polar surface area (TPSA) is 42.7 Å². The molecule has 4 heteroatoms. The van der Waals surface area contributed by atoms with E-state index >= 15 is 0 Å². The highest BCUT2D eigenvalue weighted by Gasteiger charge is 2.31. The van der Waals surface area contributed by atoms with E-state index < -0.39 is 0 Å². The lowest BCUT2D eigenvalue weighted by molar-refractivity contribution is 0.289. The highest BCUT2D eigenvalue weighted by atomic mass is 15.4. The first-order valence-corrected chi connectivity index (χ1v) is 6.01. The zero-order valence-corrected chi connectivity index (χ0v) is 9.24. The number of fused-ring (bicyclic) bond motifs is 1. The summed E-state index contributed by atoms with van der Waals surface area (Å²) in [5, 5.41) is 7.85. The second-order valence-electron chi connectivity index (χ2n) is 4.75. The second kappa shape index (κ2) is 3.51. The third kappa shape index (κ3) is 1.52. The van der Waals surface area contributed by atoms with Crippen LogP contribution in [0.4, 0.5) is 5.95 Å². The van der Waals surface area contributed by atoms with E-state index in [-0.39, 0.29) is 0 Å². The smallest absolute Gasteiger partial charge is 0.221 e. The van der Waals surface area contributed by atoms with E-state index in [1.54, 1.807) is 0 Å². The Bertz CT molecular complexity index is 351. The van der Waals surface area contributed by atoms with Crippen LogP contribution in [0.1, 0.15) is 44.0 Å². The maximum absolute atomic E-state index is 4.52. The summed E-state index contributed by atoms with van der Waals surface area (Å²) < 4.78 is 2.13. The van der Waals surface area contributed by atoms with Crippen molar-refractivity contribution >= 4 is 5.95 Å². The lowest BCUT2D eigenvalue weighted by Gasteiger charge is -2.28. The van der Waals surface area contributed by atoms with Crippen molar-refractivity contribution in [1.82, 2.24) is 14.8 Å². The summed E-state index contributed by atoms with van der Waals surface area (Å²) in [5.41, 5.74) is 0. The van der Waals surface area contributed by atoms with Crippen molar-refractivity contribution in [1.29, 1.82) is 0 Å². The minimum absolute atomic E-state index is 0.602. The third-order valence-electron chi connectivity index (χ3n) is 3.72. The number of nitrogens with zero attached hydrogens (tertiary/aromatic N) is 3. The Morgan fingerprint density at radius 1 is 1.27 bits per heavy atom. The number of nitrogens with one attached hydrogen (secondary N) is 1. The summed E-state index contributed by atoms with van der Waals surface area (Å²) >= 11 is 0. The van der Waals surface area contributed by atoms with Crippen molar-refractivity contribution in [2.24, 2.45) is 5.92 Å². The fraction of sp³-hybridized carbons (Fsp3) is 0.818. The Morgan fingerprint density at radius 3 is 2.87 bits per heavy atom. The van der Waals surface area contributed by atoms with Gasteiger partial charge in [-0.2, -0.15) is 10.1 Å². The van der Waals surface area contributed by atoms with Crippen LogP contribution in [0.2, 0.25) is 0 Å². The molecule has 2 aliphatic rings. The molecule has 0 radical (unpaired) electrons. The molecule has 15 heavy (non-hydrogen) atoms. The first-order chi connectivity index (χ1) is 7.34. The first kappa shape index (κ1) is 9.19. The van der Waals surface area contributed by atoms with Gasteiger partial charge in [0.15, 0.2) is 0 Å². The predicted molar refractivity (Wildman–Crippen MR) is 58.9 cm³/mol. The van der Waals surface area contributed by atoms with Crippen LogP contribution in [0.5, 0.6) is 0 Å². The average Bonchev–Trinajstić information content (AvgIpc) is 2.82. The van der Waals surface area contributed by atoms with Gasteiger partial charge in [-0.3, -0.25) is 0 Å². The van der Waals surface area contributed by atoms with Gasteiger partial charge in [0.1, 0.15) is 5.82 Å². The van der Waals surface area contributed by atoms with Crippen molar-refractivity contribution in [3.8, 4) is 0 Å². The van der Waals surface area contributed by atoms with Gasteiger partial charge in [0.25, 0.3) is 0 Å². The summed E-state index contributed by atoms with van der Waals surface area (Å²) in [5.74, 6) is 2.71. The van der Waals surface area contributed by atoms with E-state index in [1.165, 1.54) is 32.1 Å².